The van der Waals surface area contributed by atoms with Crippen LogP contribution < -0.4 is 4.74 Å². The van der Waals surface area contributed by atoms with E-state index >= 15 is 0 Å². The Kier molecular flexibility index (Phi) is 6.46. The lowest BCUT2D eigenvalue weighted by Gasteiger charge is -2.35. The second-order valence-electron chi connectivity index (χ2n) is 6.57. The number of rotatable bonds is 7. The summed E-state index contributed by atoms with van der Waals surface area (Å²) in [5.74, 6) is -1.29. The Balaban J connectivity index is 1.78. The molecule has 1 amide bonds. The number of hydrogen-bond acceptors (Lipinski definition) is 6. The van der Waals surface area contributed by atoms with Crippen LogP contribution in [0.25, 0.3) is 0 Å². The number of phenols is 1. The van der Waals surface area contributed by atoms with E-state index in [0.29, 0.717) is 30.6 Å². The smallest absolute Gasteiger partial charge is 0.307 e. The summed E-state index contributed by atoms with van der Waals surface area (Å²) in [5.41, 5.74) is 0.800. The van der Waals surface area contributed by atoms with E-state index < -0.39 is 12.0 Å². The molecule has 0 aliphatic carbocycles. The van der Waals surface area contributed by atoms with Gasteiger partial charge in [0, 0.05) is 12.1 Å². The van der Waals surface area contributed by atoms with E-state index in [1.54, 1.807) is 41.3 Å². The number of morpholine rings is 1. The van der Waals surface area contributed by atoms with Crippen molar-refractivity contribution >= 4 is 18.2 Å². The molecule has 0 spiro atoms. The Bertz CT molecular complexity index is 912. The molecule has 3 rings (SSSR count). The van der Waals surface area contributed by atoms with Gasteiger partial charge in [0.05, 0.1) is 31.2 Å². The molecule has 8 heteroatoms. The molecule has 0 saturated carbocycles. The van der Waals surface area contributed by atoms with Gasteiger partial charge in [0.25, 0.3) is 5.91 Å². The van der Waals surface area contributed by atoms with Crippen LogP contribution in [0.4, 0.5) is 0 Å². The fourth-order valence-electron chi connectivity index (χ4n) is 3.22. The van der Waals surface area contributed by atoms with Gasteiger partial charge in [-0.15, -0.1) is 0 Å². The van der Waals surface area contributed by atoms with Crippen LogP contribution in [0, 0.1) is 0 Å². The number of carbonyl (C=O) groups is 3. The van der Waals surface area contributed by atoms with Crippen molar-refractivity contribution in [2.75, 3.05) is 26.4 Å². The van der Waals surface area contributed by atoms with Gasteiger partial charge in [-0.1, -0.05) is 24.3 Å². The quantitative estimate of drug-likeness (QED) is 0.682. The van der Waals surface area contributed by atoms with Crippen LogP contribution in [0.15, 0.2) is 42.5 Å². The molecule has 29 heavy (non-hydrogen) atoms. The summed E-state index contributed by atoms with van der Waals surface area (Å²) in [6.07, 6.45) is 0.256. The van der Waals surface area contributed by atoms with Crippen LogP contribution >= 0.6 is 0 Å². The first-order valence-electron chi connectivity index (χ1n) is 9.09. The largest absolute Gasteiger partial charge is 0.507 e. The number of amides is 1. The number of carboxylic acids is 1. The molecule has 2 aromatic carbocycles. The predicted molar refractivity (Wildman–Crippen MR) is 102 cm³/mol. The van der Waals surface area contributed by atoms with Gasteiger partial charge in [-0.25, -0.2) is 0 Å². The zero-order chi connectivity index (χ0) is 20.8. The van der Waals surface area contributed by atoms with Gasteiger partial charge in [0.2, 0.25) is 0 Å². The SMILES string of the molecule is O=Cc1c(O)cccc1OCC1COCCN1C(=O)c1ccccc1CC(=O)O. The molecule has 2 aromatic rings. The van der Waals surface area contributed by atoms with Crippen molar-refractivity contribution in [2.45, 2.75) is 12.5 Å². The van der Waals surface area contributed by atoms with Crippen molar-refractivity contribution in [1.29, 1.82) is 0 Å². The number of nitrogens with zero attached hydrogens (tertiary/aromatic N) is 1. The predicted octanol–water partition coefficient (Wildman–Crippen LogP) is 1.75. The molecule has 1 aliphatic heterocycles. The zero-order valence-corrected chi connectivity index (χ0v) is 15.6. The average molecular weight is 399 g/mol. The van der Waals surface area contributed by atoms with Gasteiger partial charge < -0.3 is 24.6 Å². The molecule has 152 valence electrons. The van der Waals surface area contributed by atoms with Gasteiger partial charge >= 0.3 is 5.97 Å². The Morgan fingerprint density at radius 3 is 2.76 bits per heavy atom. The highest BCUT2D eigenvalue weighted by Gasteiger charge is 2.30. The summed E-state index contributed by atoms with van der Waals surface area (Å²) in [6.45, 7) is 0.975. The maximum atomic E-state index is 13.1. The molecule has 8 nitrogen and oxygen atoms in total. The normalized spacial score (nSPS) is 16.3. The van der Waals surface area contributed by atoms with Crippen molar-refractivity contribution in [1.82, 2.24) is 4.90 Å². The van der Waals surface area contributed by atoms with Crippen molar-refractivity contribution in [3.63, 3.8) is 0 Å². The van der Waals surface area contributed by atoms with Gasteiger partial charge in [-0.2, -0.15) is 0 Å². The van der Waals surface area contributed by atoms with Gasteiger partial charge in [-0.3, -0.25) is 14.4 Å². The standard InChI is InChI=1S/C21H21NO7/c23-11-17-18(24)6-3-7-19(17)29-13-15-12-28-9-8-22(15)21(27)16-5-2-1-4-14(16)10-20(25)26/h1-7,11,15,24H,8-10,12-13H2,(H,25,26). The third kappa shape index (κ3) is 4.72. The third-order valence-corrected chi connectivity index (χ3v) is 4.67. The molecule has 0 radical (unpaired) electrons. The van der Waals surface area contributed by atoms with Gasteiger partial charge in [0.1, 0.15) is 18.1 Å². The summed E-state index contributed by atoms with van der Waals surface area (Å²) >= 11 is 0. The lowest BCUT2D eigenvalue weighted by Crippen LogP contribution is -2.51. The number of carbonyl (C=O) groups excluding carboxylic acids is 2. The third-order valence-electron chi connectivity index (χ3n) is 4.67. The molecule has 0 bridgehead atoms. The number of carboxylic acid groups (broad SMARTS) is 1. The highest BCUT2D eigenvalue weighted by molar-refractivity contribution is 5.97. The van der Waals surface area contributed by atoms with Crippen LogP contribution in [0.5, 0.6) is 11.5 Å². The second kappa shape index (κ2) is 9.20. The number of hydrogen-bond donors (Lipinski definition) is 2. The lowest BCUT2D eigenvalue weighted by atomic mass is 10.0. The molecular formula is C21H21NO7. The molecule has 1 atom stereocenters. The minimum atomic E-state index is -1.02. The number of aliphatic carboxylic acids is 1. The van der Waals surface area contributed by atoms with E-state index in [1.807, 2.05) is 0 Å². The van der Waals surface area contributed by atoms with E-state index in [-0.39, 0.29) is 42.6 Å². The topological polar surface area (TPSA) is 113 Å². The molecule has 1 saturated heterocycles. The first kappa shape index (κ1) is 20.3. The number of aromatic hydroxyl groups is 1. The highest BCUT2D eigenvalue weighted by Crippen LogP contribution is 2.26. The lowest BCUT2D eigenvalue weighted by molar-refractivity contribution is -0.136. The molecule has 2 N–H and O–H groups in total. The molecule has 0 aromatic heterocycles. The first-order valence-corrected chi connectivity index (χ1v) is 9.09. The maximum absolute atomic E-state index is 13.1. The number of ether oxygens (including phenoxy) is 2. The van der Waals surface area contributed by atoms with Gasteiger partial charge in [0.15, 0.2) is 6.29 Å². The van der Waals surface area contributed by atoms with Crippen molar-refractivity contribution < 1.29 is 34.1 Å². The van der Waals surface area contributed by atoms with E-state index in [4.69, 9.17) is 14.6 Å². The monoisotopic (exact) mass is 399 g/mol. The Morgan fingerprint density at radius 1 is 1.21 bits per heavy atom. The Hall–Kier alpha value is -3.39. The second-order valence-corrected chi connectivity index (χ2v) is 6.57. The van der Waals surface area contributed by atoms with Crippen LogP contribution in [0.3, 0.4) is 0 Å². The molecular weight excluding hydrogens is 378 g/mol. The van der Waals surface area contributed by atoms with E-state index in [1.165, 1.54) is 6.07 Å². The summed E-state index contributed by atoms with van der Waals surface area (Å²) in [5, 5.41) is 18.9. The molecule has 1 aliphatic rings. The molecule has 1 unspecified atom stereocenters. The van der Waals surface area contributed by atoms with Crippen LogP contribution in [0.1, 0.15) is 26.3 Å². The van der Waals surface area contributed by atoms with Crippen molar-refractivity contribution in [3.05, 3.63) is 59.2 Å². The van der Waals surface area contributed by atoms with Crippen molar-refractivity contribution in [3.8, 4) is 11.5 Å². The molecule has 1 heterocycles. The van der Waals surface area contributed by atoms with Crippen molar-refractivity contribution in [2.24, 2.45) is 0 Å². The van der Waals surface area contributed by atoms with Crippen LogP contribution in [0.2, 0.25) is 0 Å². The number of benzene rings is 2. The van der Waals surface area contributed by atoms with E-state index in [2.05, 4.69) is 0 Å². The van der Waals surface area contributed by atoms with Gasteiger partial charge in [-0.05, 0) is 23.8 Å². The minimum Gasteiger partial charge on any atom is -0.507 e. The summed E-state index contributed by atoms with van der Waals surface area (Å²) < 4.78 is 11.2. The zero-order valence-electron chi connectivity index (χ0n) is 15.6. The van der Waals surface area contributed by atoms with E-state index in [0.717, 1.165) is 0 Å². The Morgan fingerprint density at radius 2 is 2.00 bits per heavy atom. The summed E-state index contributed by atoms with van der Waals surface area (Å²) in [7, 11) is 0. The summed E-state index contributed by atoms with van der Waals surface area (Å²) in [4.78, 5) is 37.0. The fraction of sp³-hybridized carbons (Fsp3) is 0.286. The van der Waals surface area contributed by atoms with Crippen LogP contribution in [-0.4, -0.2) is 65.7 Å². The Labute approximate surface area is 167 Å². The number of phenolic OH excluding ortho intramolecular Hbond substituents is 1. The number of aldehydes is 1. The maximum Gasteiger partial charge on any atom is 0.307 e. The highest BCUT2D eigenvalue weighted by atomic mass is 16.5. The minimum absolute atomic E-state index is 0.0360. The average Bonchev–Trinajstić information content (AvgIpc) is 2.72. The molecule has 1 fully saturated rings. The first-order chi connectivity index (χ1) is 14.0. The van der Waals surface area contributed by atoms with Crippen LogP contribution in [-0.2, 0) is 16.0 Å². The fourth-order valence-corrected chi connectivity index (χ4v) is 3.22. The van der Waals surface area contributed by atoms with E-state index in [9.17, 15) is 19.5 Å². The summed E-state index contributed by atoms with van der Waals surface area (Å²) in [6, 6.07) is 10.7.